The number of hydrogen-bond acceptors (Lipinski definition) is 2. The third-order valence-corrected chi connectivity index (χ3v) is 4.72. The lowest BCUT2D eigenvalue weighted by Crippen LogP contribution is -2.05. The maximum Gasteiger partial charge on any atom is 0.137 e. The Morgan fingerprint density at radius 3 is 2.14 bits per heavy atom. The molecule has 0 bridgehead atoms. The quantitative estimate of drug-likeness (QED) is 0.721. The summed E-state index contributed by atoms with van der Waals surface area (Å²) in [6.45, 7) is 0. The number of benzene rings is 1. The van der Waals surface area contributed by atoms with Crippen LogP contribution in [0.25, 0.3) is 0 Å². The molecule has 0 aliphatic heterocycles. The van der Waals surface area contributed by atoms with E-state index in [4.69, 9.17) is 23.2 Å². The molecule has 1 aliphatic carbocycles. The van der Waals surface area contributed by atoms with Crippen molar-refractivity contribution in [2.75, 3.05) is 0 Å². The molecular weight excluding hydrogens is 303 g/mol. The molecule has 1 fully saturated rings. The minimum atomic E-state index is 0.438. The molecule has 1 saturated carbocycles. The SMILES string of the molecule is Clc1nc(CCc2ccccc2)nc(Cl)c1C1CCCC1. The van der Waals surface area contributed by atoms with Crippen LogP contribution < -0.4 is 0 Å². The highest BCUT2D eigenvalue weighted by Crippen LogP contribution is 2.39. The van der Waals surface area contributed by atoms with Crippen LogP contribution in [0.5, 0.6) is 0 Å². The minimum Gasteiger partial charge on any atom is -0.221 e. The fraction of sp³-hybridized carbons (Fsp3) is 0.412. The molecule has 0 atom stereocenters. The fourth-order valence-corrected chi connectivity index (χ4v) is 3.75. The molecule has 110 valence electrons. The minimum absolute atomic E-state index is 0.438. The van der Waals surface area contributed by atoms with Crippen LogP contribution >= 0.6 is 23.2 Å². The first-order chi connectivity index (χ1) is 10.2. The number of rotatable bonds is 4. The summed E-state index contributed by atoms with van der Waals surface area (Å²) in [7, 11) is 0. The van der Waals surface area contributed by atoms with Gasteiger partial charge in [-0.05, 0) is 30.7 Å². The number of nitrogens with zero attached hydrogens (tertiary/aromatic N) is 2. The molecule has 1 aromatic heterocycles. The van der Waals surface area contributed by atoms with Gasteiger partial charge in [0.25, 0.3) is 0 Å². The second-order valence-corrected chi connectivity index (χ2v) is 6.32. The van der Waals surface area contributed by atoms with E-state index in [1.807, 2.05) is 18.2 Å². The lowest BCUT2D eigenvalue weighted by molar-refractivity contribution is 0.708. The molecule has 1 aliphatic rings. The van der Waals surface area contributed by atoms with Gasteiger partial charge in [0.1, 0.15) is 16.1 Å². The summed E-state index contributed by atoms with van der Waals surface area (Å²) in [4.78, 5) is 8.93. The second kappa shape index (κ2) is 6.76. The zero-order chi connectivity index (χ0) is 14.7. The Kier molecular flexibility index (Phi) is 4.77. The number of halogens is 2. The van der Waals surface area contributed by atoms with Crippen molar-refractivity contribution < 1.29 is 0 Å². The van der Waals surface area contributed by atoms with E-state index in [9.17, 15) is 0 Å². The molecule has 2 nitrogen and oxygen atoms in total. The van der Waals surface area contributed by atoms with Gasteiger partial charge in [0.15, 0.2) is 0 Å². The molecule has 0 unspecified atom stereocenters. The lowest BCUT2D eigenvalue weighted by Gasteiger charge is -2.13. The Hall–Kier alpha value is -1.12. The molecule has 4 heteroatoms. The van der Waals surface area contributed by atoms with Gasteiger partial charge in [-0.3, -0.25) is 0 Å². The van der Waals surface area contributed by atoms with E-state index >= 15 is 0 Å². The van der Waals surface area contributed by atoms with Crippen LogP contribution in [-0.2, 0) is 12.8 Å². The average molecular weight is 321 g/mol. The predicted octanol–water partition coefficient (Wildman–Crippen LogP) is 5.23. The monoisotopic (exact) mass is 320 g/mol. The maximum absolute atomic E-state index is 6.36. The van der Waals surface area contributed by atoms with Crippen molar-refractivity contribution in [3.05, 3.63) is 57.6 Å². The van der Waals surface area contributed by atoms with Crippen molar-refractivity contribution in [3.8, 4) is 0 Å². The van der Waals surface area contributed by atoms with Gasteiger partial charge in [0.05, 0.1) is 0 Å². The van der Waals surface area contributed by atoms with Crippen molar-refractivity contribution >= 4 is 23.2 Å². The molecule has 0 saturated heterocycles. The molecule has 0 amide bonds. The molecule has 1 aromatic carbocycles. The van der Waals surface area contributed by atoms with Gasteiger partial charge in [-0.25, -0.2) is 9.97 Å². The van der Waals surface area contributed by atoms with Crippen LogP contribution in [0.3, 0.4) is 0 Å². The molecule has 0 N–H and O–H groups in total. The standard InChI is InChI=1S/C17H18Cl2N2/c18-16-15(13-8-4-5-9-13)17(19)21-14(20-16)11-10-12-6-2-1-3-7-12/h1-3,6-7,13H,4-5,8-11H2. The van der Waals surface area contributed by atoms with Gasteiger partial charge in [0, 0.05) is 12.0 Å². The summed E-state index contributed by atoms with van der Waals surface area (Å²) in [6, 6.07) is 10.3. The number of aromatic nitrogens is 2. The predicted molar refractivity (Wildman–Crippen MR) is 87.1 cm³/mol. The maximum atomic E-state index is 6.36. The van der Waals surface area contributed by atoms with Gasteiger partial charge in [-0.1, -0.05) is 66.4 Å². The van der Waals surface area contributed by atoms with E-state index in [1.54, 1.807) is 0 Å². The Balaban J connectivity index is 1.75. The van der Waals surface area contributed by atoms with E-state index in [0.717, 1.165) is 37.1 Å². The summed E-state index contributed by atoms with van der Waals surface area (Å²) < 4.78 is 0. The van der Waals surface area contributed by atoms with E-state index < -0.39 is 0 Å². The lowest BCUT2D eigenvalue weighted by atomic mass is 10.0. The van der Waals surface area contributed by atoms with E-state index in [1.165, 1.54) is 18.4 Å². The first kappa shape index (κ1) is 14.8. The van der Waals surface area contributed by atoms with Crippen molar-refractivity contribution in [1.82, 2.24) is 9.97 Å². The second-order valence-electron chi connectivity index (χ2n) is 5.60. The zero-order valence-corrected chi connectivity index (χ0v) is 13.4. The van der Waals surface area contributed by atoms with Crippen molar-refractivity contribution in [3.63, 3.8) is 0 Å². The third kappa shape index (κ3) is 3.56. The first-order valence-corrected chi connectivity index (χ1v) is 8.25. The number of hydrogen-bond donors (Lipinski definition) is 0. The summed E-state index contributed by atoms with van der Waals surface area (Å²) >= 11 is 12.7. The summed E-state index contributed by atoms with van der Waals surface area (Å²) in [5.74, 6) is 1.17. The average Bonchev–Trinajstić information content (AvgIpc) is 2.99. The van der Waals surface area contributed by atoms with Crippen LogP contribution in [-0.4, -0.2) is 9.97 Å². The smallest absolute Gasteiger partial charge is 0.137 e. The Labute approximate surface area is 135 Å². The normalized spacial score (nSPS) is 15.5. The zero-order valence-electron chi connectivity index (χ0n) is 11.9. The molecule has 1 heterocycles. The highest BCUT2D eigenvalue weighted by molar-refractivity contribution is 6.34. The largest absolute Gasteiger partial charge is 0.221 e. The van der Waals surface area contributed by atoms with Crippen molar-refractivity contribution in [1.29, 1.82) is 0 Å². The van der Waals surface area contributed by atoms with Gasteiger partial charge in [0.2, 0.25) is 0 Å². The Morgan fingerprint density at radius 2 is 1.52 bits per heavy atom. The first-order valence-electron chi connectivity index (χ1n) is 7.50. The van der Waals surface area contributed by atoms with Crippen LogP contribution in [0, 0.1) is 0 Å². The van der Waals surface area contributed by atoms with Crippen LogP contribution in [0.4, 0.5) is 0 Å². The summed E-state index contributed by atoms with van der Waals surface area (Å²) in [6.07, 6.45) is 6.43. The van der Waals surface area contributed by atoms with Gasteiger partial charge in [-0.2, -0.15) is 0 Å². The van der Waals surface area contributed by atoms with E-state index in [-0.39, 0.29) is 0 Å². The topological polar surface area (TPSA) is 25.8 Å². The molecule has 21 heavy (non-hydrogen) atoms. The van der Waals surface area contributed by atoms with E-state index in [2.05, 4.69) is 22.1 Å². The Bertz CT molecular complexity index is 584. The highest BCUT2D eigenvalue weighted by atomic mass is 35.5. The Morgan fingerprint density at radius 1 is 0.905 bits per heavy atom. The van der Waals surface area contributed by atoms with Gasteiger partial charge in [-0.15, -0.1) is 0 Å². The molecule has 0 spiro atoms. The molecule has 0 radical (unpaired) electrons. The van der Waals surface area contributed by atoms with Crippen LogP contribution in [0.15, 0.2) is 30.3 Å². The molecule has 3 rings (SSSR count). The van der Waals surface area contributed by atoms with Crippen LogP contribution in [0.2, 0.25) is 10.3 Å². The van der Waals surface area contributed by atoms with Crippen molar-refractivity contribution in [2.45, 2.75) is 44.4 Å². The highest BCUT2D eigenvalue weighted by Gasteiger charge is 2.24. The molecular formula is C17H18Cl2N2. The van der Waals surface area contributed by atoms with Crippen molar-refractivity contribution in [2.24, 2.45) is 0 Å². The van der Waals surface area contributed by atoms with Gasteiger partial charge < -0.3 is 0 Å². The number of aryl methyl sites for hydroxylation is 2. The van der Waals surface area contributed by atoms with Crippen LogP contribution in [0.1, 0.15) is 48.6 Å². The molecule has 2 aromatic rings. The van der Waals surface area contributed by atoms with Gasteiger partial charge >= 0.3 is 0 Å². The fourth-order valence-electron chi connectivity index (χ4n) is 3.02. The van der Waals surface area contributed by atoms with E-state index in [0.29, 0.717) is 16.2 Å². The summed E-state index contributed by atoms with van der Waals surface area (Å²) in [5.41, 5.74) is 2.23. The summed E-state index contributed by atoms with van der Waals surface area (Å²) in [5, 5.41) is 1.09. The third-order valence-electron chi connectivity index (χ3n) is 4.14.